The summed E-state index contributed by atoms with van der Waals surface area (Å²) in [4.78, 5) is 16.7. The fraction of sp³-hybridized carbons (Fsp3) is 0.500. The molecule has 1 amide bonds. The van der Waals surface area contributed by atoms with Gasteiger partial charge in [0.05, 0.1) is 0 Å². The Kier molecular flexibility index (Phi) is 4.40. The third-order valence-electron chi connectivity index (χ3n) is 3.53. The topological polar surface area (TPSA) is 23.6 Å². The van der Waals surface area contributed by atoms with Crippen LogP contribution in [0.15, 0.2) is 28.7 Å². The highest BCUT2D eigenvalue weighted by Crippen LogP contribution is 2.16. The summed E-state index contributed by atoms with van der Waals surface area (Å²) in [6, 6.07) is 8.06. The van der Waals surface area contributed by atoms with E-state index in [2.05, 4.69) is 34.7 Å². The number of hydrogen-bond acceptors (Lipinski definition) is 2. The van der Waals surface area contributed by atoms with E-state index in [0.717, 1.165) is 36.2 Å². The van der Waals surface area contributed by atoms with Gasteiger partial charge in [-0.2, -0.15) is 0 Å². The van der Waals surface area contributed by atoms with Crippen LogP contribution in [0.2, 0.25) is 0 Å². The lowest BCUT2D eigenvalue weighted by Gasteiger charge is -2.39. The summed E-state index contributed by atoms with van der Waals surface area (Å²) in [7, 11) is 0. The molecule has 1 aromatic carbocycles. The zero-order chi connectivity index (χ0) is 13.1. The highest BCUT2D eigenvalue weighted by Gasteiger charge is 2.26. The minimum Gasteiger partial charge on any atom is -0.336 e. The van der Waals surface area contributed by atoms with Gasteiger partial charge in [0.25, 0.3) is 5.91 Å². The lowest BCUT2D eigenvalue weighted by Crippen LogP contribution is -2.53. The number of nitrogens with zero attached hydrogens (tertiary/aromatic N) is 2. The number of benzene rings is 1. The molecular weight excluding hydrogens is 292 g/mol. The van der Waals surface area contributed by atoms with Gasteiger partial charge in [0, 0.05) is 35.7 Å². The molecule has 0 N–H and O–H groups in total. The van der Waals surface area contributed by atoms with Gasteiger partial charge in [-0.1, -0.05) is 28.9 Å². The Morgan fingerprint density at radius 2 is 2.22 bits per heavy atom. The Morgan fingerprint density at radius 1 is 1.44 bits per heavy atom. The van der Waals surface area contributed by atoms with E-state index < -0.39 is 0 Å². The van der Waals surface area contributed by atoms with E-state index in [0.29, 0.717) is 6.04 Å². The average molecular weight is 311 g/mol. The summed E-state index contributed by atoms with van der Waals surface area (Å²) in [5.74, 6) is 0.138. The highest BCUT2D eigenvalue weighted by atomic mass is 79.9. The smallest absolute Gasteiger partial charge is 0.253 e. The molecule has 0 aliphatic carbocycles. The first-order valence-electron chi connectivity index (χ1n) is 6.40. The molecule has 1 unspecified atom stereocenters. The number of halogens is 1. The number of likely N-dealkylation sites (N-methyl/N-ethyl adjacent to an activating group) is 1. The third-order valence-corrected chi connectivity index (χ3v) is 4.02. The first kappa shape index (κ1) is 13.6. The van der Waals surface area contributed by atoms with E-state index in [1.54, 1.807) is 0 Å². The van der Waals surface area contributed by atoms with Gasteiger partial charge in [-0.25, -0.2) is 0 Å². The molecule has 2 rings (SSSR count). The van der Waals surface area contributed by atoms with Gasteiger partial charge >= 0.3 is 0 Å². The molecule has 1 atom stereocenters. The minimum absolute atomic E-state index is 0.138. The number of carbonyl (C=O) groups is 1. The molecule has 1 heterocycles. The van der Waals surface area contributed by atoms with Crippen molar-refractivity contribution in [2.45, 2.75) is 19.9 Å². The van der Waals surface area contributed by atoms with Crippen LogP contribution in [0.25, 0.3) is 0 Å². The highest BCUT2D eigenvalue weighted by molar-refractivity contribution is 9.10. The second-order valence-corrected chi connectivity index (χ2v) is 5.65. The molecule has 18 heavy (non-hydrogen) atoms. The number of rotatable bonds is 2. The molecule has 1 aliphatic heterocycles. The third kappa shape index (κ3) is 2.93. The Bertz CT molecular complexity index is 436. The Morgan fingerprint density at radius 3 is 2.83 bits per heavy atom. The van der Waals surface area contributed by atoms with Gasteiger partial charge in [0.15, 0.2) is 0 Å². The summed E-state index contributed by atoms with van der Waals surface area (Å²) < 4.78 is 0.952. The van der Waals surface area contributed by atoms with Gasteiger partial charge in [-0.15, -0.1) is 0 Å². The maximum atomic E-state index is 12.4. The van der Waals surface area contributed by atoms with Crippen molar-refractivity contribution in [2.24, 2.45) is 0 Å². The fourth-order valence-electron chi connectivity index (χ4n) is 2.45. The van der Waals surface area contributed by atoms with Crippen LogP contribution in [0.4, 0.5) is 0 Å². The number of hydrogen-bond donors (Lipinski definition) is 0. The van der Waals surface area contributed by atoms with E-state index in [-0.39, 0.29) is 5.91 Å². The molecule has 3 nitrogen and oxygen atoms in total. The van der Waals surface area contributed by atoms with Gasteiger partial charge < -0.3 is 4.90 Å². The van der Waals surface area contributed by atoms with Crippen LogP contribution in [0.5, 0.6) is 0 Å². The molecule has 0 bridgehead atoms. The maximum absolute atomic E-state index is 12.4. The molecule has 1 saturated heterocycles. The average Bonchev–Trinajstić information content (AvgIpc) is 2.37. The Labute approximate surface area is 117 Å². The van der Waals surface area contributed by atoms with E-state index in [9.17, 15) is 4.79 Å². The summed E-state index contributed by atoms with van der Waals surface area (Å²) in [6.45, 7) is 8.02. The van der Waals surface area contributed by atoms with Crippen molar-refractivity contribution in [3.05, 3.63) is 34.3 Å². The van der Waals surface area contributed by atoms with Crippen molar-refractivity contribution in [1.29, 1.82) is 0 Å². The van der Waals surface area contributed by atoms with E-state index >= 15 is 0 Å². The molecule has 0 spiro atoms. The van der Waals surface area contributed by atoms with Crippen molar-refractivity contribution in [2.75, 3.05) is 26.2 Å². The second kappa shape index (κ2) is 5.85. The SMILES string of the molecule is CCN1CCN(C(=O)c2cccc(Br)c2)CC1C. The lowest BCUT2D eigenvalue weighted by atomic mass is 10.1. The quantitative estimate of drug-likeness (QED) is 0.838. The van der Waals surface area contributed by atoms with Crippen LogP contribution < -0.4 is 0 Å². The standard InChI is InChI=1S/C14H19BrN2O/c1-3-16-7-8-17(10-11(16)2)14(18)12-5-4-6-13(15)9-12/h4-6,9,11H,3,7-8,10H2,1-2H3. The number of amides is 1. The van der Waals surface area contributed by atoms with Crippen LogP contribution in [-0.4, -0.2) is 47.9 Å². The van der Waals surface area contributed by atoms with Crippen molar-refractivity contribution in [1.82, 2.24) is 9.80 Å². The van der Waals surface area contributed by atoms with E-state index in [4.69, 9.17) is 0 Å². The molecule has 98 valence electrons. The van der Waals surface area contributed by atoms with Gasteiger partial charge in [0.1, 0.15) is 0 Å². The van der Waals surface area contributed by atoms with Gasteiger partial charge in [-0.05, 0) is 31.7 Å². The zero-order valence-electron chi connectivity index (χ0n) is 10.9. The molecule has 0 radical (unpaired) electrons. The molecule has 0 aromatic heterocycles. The summed E-state index contributed by atoms with van der Waals surface area (Å²) in [5.41, 5.74) is 0.765. The van der Waals surface area contributed by atoms with Crippen molar-refractivity contribution in [3.8, 4) is 0 Å². The normalized spacial score (nSPS) is 21.1. The predicted octanol–water partition coefficient (Wildman–Crippen LogP) is 2.62. The monoisotopic (exact) mass is 310 g/mol. The number of piperazine rings is 1. The molecule has 1 fully saturated rings. The van der Waals surface area contributed by atoms with Crippen LogP contribution in [0.3, 0.4) is 0 Å². The largest absolute Gasteiger partial charge is 0.336 e. The summed E-state index contributed by atoms with van der Waals surface area (Å²) in [6.07, 6.45) is 0. The van der Waals surface area contributed by atoms with E-state index in [1.807, 2.05) is 29.2 Å². The first-order valence-corrected chi connectivity index (χ1v) is 7.20. The van der Waals surface area contributed by atoms with Gasteiger partial charge in [0.2, 0.25) is 0 Å². The van der Waals surface area contributed by atoms with Gasteiger partial charge in [-0.3, -0.25) is 9.69 Å². The molecular formula is C14H19BrN2O. The lowest BCUT2D eigenvalue weighted by molar-refractivity contribution is 0.0528. The first-order chi connectivity index (χ1) is 8.61. The van der Waals surface area contributed by atoms with Crippen LogP contribution in [0, 0.1) is 0 Å². The Hall–Kier alpha value is -0.870. The summed E-state index contributed by atoms with van der Waals surface area (Å²) in [5, 5.41) is 0. The van der Waals surface area contributed by atoms with Crippen molar-refractivity contribution >= 4 is 21.8 Å². The zero-order valence-corrected chi connectivity index (χ0v) is 12.5. The molecule has 0 saturated carbocycles. The minimum atomic E-state index is 0.138. The number of carbonyl (C=O) groups excluding carboxylic acids is 1. The van der Waals surface area contributed by atoms with Crippen LogP contribution in [-0.2, 0) is 0 Å². The molecule has 1 aromatic rings. The molecule has 1 aliphatic rings. The maximum Gasteiger partial charge on any atom is 0.253 e. The Balaban J connectivity index is 2.07. The van der Waals surface area contributed by atoms with Crippen molar-refractivity contribution in [3.63, 3.8) is 0 Å². The molecule has 4 heteroatoms. The van der Waals surface area contributed by atoms with Crippen LogP contribution >= 0.6 is 15.9 Å². The van der Waals surface area contributed by atoms with Crippen molar-refractivity contribution < 1.29 is 4.79 Å². The second-order valence-electron chi connectivity index (χ2n) is 4.74. The summed E-state index contributed by atoms with van der Waals surface area (Å²) >= 11 is 3.41. The van der Waals surface area contributed by atoms with Crippen LogP contribution in [0.1, 0.15) is 24.2 Å². The fourth-order valence-corrected chi connectivity index (χ4v) is 2.85. The predicted molar refractivity (Wildman–Crippen MR) is 76.8 cm³/mol. The van der Waals surface area contributed by atoms with E-state index in [1.165, 1.54) is 0 Å².